The summed E-state index contributed by atoms with van der Waals surface area (Å²) in [5, 5.41) is 10.8. The molecule has 2 aromatic rings. The second-order valence-electron chi connectivity index (χ2n) is 3.32. The van der Waals surface area contributed by atoms with Crippen molar-refractivity contribution in [3.05, 3.63) is 46.4 Å². The van der Waals surface area contributed by atoms with Crippen LogP contribution in [0.5, 0.6) is 0 Å². The Balaban J connectivity index is 1.97. The fraction of sp³-hybridized carbons (Fsp3) is 0.0909. The average Bonchev–Trinajstić information content (AvgIpc) is 2.30. The molecule has 5 heteroatoms. The summed E-state index contributed by atoms with van der Waals surface area (Å²) in [6.07, 6.45) is 0. The number of nitrogens with two attached hydrogens (primary N) is 1. The number of hydrogen-bond acceptors (Lipinski definition) is 4. The highest BCUT2D eigenvalue weighted by atomic mass is 79.9. The van der Waals surface area contributed by atoms with Gasteiger partial charge < -0.3 is 11.1 Å². The molecule has 4 nitrogen and oxygen atoms in total. The lowest BCUT2D eigenvalue weighted by Gasteiger charge is -2.04. The number of halogens is 1. The molecule has 0 aliphatic carbocycles. The topological polar surface area (TPSA) is 63.8 Å². The number of anilines is 2. The van der Waals surface area contributed by atoms with E-state index >= 15 is 0 Å². The molecule has 16 heavy (non-hydrogen) atoms. The molecule has 1 heterocycles. The summed E-state index contributed by atoms with van der Waals surface area (Å²) in [7, 11) is 0. The molecule has 2 rings (SSSR count). The van der Waals surface area contributed by atoms with E-state index in [2.05, 4.69) is 31.4 Å². The van der Waals surface area contributed by atoms with Gasteiger partial charge in [0, 0.05) is 11.0 Å². The second-order valence-corrected chi connectivity index (χ2v) is 4.24. The maximum Gasteiger partial charge on any atom is 0.149 e. The molecule has 0 atom stereocenters. The van der Waals surface area contributed by atoms with Gasteiger partial charge in [0.2, 0.25) is 0 Å². The van der Waals surface area contributed by atoms with E-state index in [-0.39, 0.29) is 0 Å². The highest BCUT2D eigenvalue weighted by Crippen LogP contribution is 2.11. The third-order valence-electron chi connectivity index (χ3n) is 2.07. The number of nitrogen functional groups attached to an aromatic ring is 1. The summed E-state index contributed by atoms with van der Waals surface area (Å²) in [5.74, 6) is 1.14. The van der Waals surface area contributed by atoms with E-state index < -0.39 is 0 Å². The standard InChI is InChI=1S/C11H11BrN4/c12-9-3-1-8(2-4-9)7-14-11-6-5-10(13)15-16-11/h1-6H,7H2,(H2,13,15)(H,14,16). The molecular formula is C11H11BrN4. The molecule has 0 saturated heterocycles. The van der Waals surface area contributed by atoms with Crippen molar-refractivity contribution in [1.29, 1.82) is 0 Å². The second kappa shape index (κ2) is 4.94. The molecule has 1 aromatic carbocycles. The van der Waals surface area contributed by atoms with Crippen LogP contribution >= 0.6 is 15.9 Å². The Hall–Kier alpha value is -1.62. The average molecular weight is 279 g/mol. The monoisotopic (exact) mass is 278 g/mol. The molecule has 0 aliphatic rings. The molecule has 0 radical (unpaired) electrons. The summed E-state index contributed by atoms with van der Waals surface area (Å²) in [6, 6.07) is 11.6. The van der Waals surface area contributed by atoms with Crippen LogP contribution < -0.4 is 11.1 Å². The first kappa shape index (κ1) is 10.9. The molecule has 3 N–H and O–H groups in total. The minimum absolute atomic E-state index is 0.425. The molecule has 0 amide bonds. The first-order valence-corrected chi connectivity index (χ1v) is 5.61. The Kier molecular flexibility index (Phi) is 3.36. The quantitative estimate of drug-likeness (QED) is 0.905. The van der Waals surface area contributed by atoms with Crippen LogP contribution in [0.1, 0.15) is 5.56 Å². The molecule has 0 fully saturated rings. The number of hydrogen-bond donors (Lipinski definition) is 2. The number of benzene rings is 1. The van der Waals surface area contributed by atoms with E-state index in [9.17, 15) is 0 Å². The van der Waals surface area contributed by atoms with Crippen LogP contribution in [0, 0.1) is 0 Å². The Morgan fingerprint density at radius 2 is 1.81 bits per heavy atom. The molecule has 1 aromatic heterocycles. The van der Waals surface area contributed by atoms with Crippen LogP contribution in [-0.4, -0.2) is 10.2 Å². The van der Waals surface area contributed by atoms with Crippen molar-refractivity contribution in [2.24, 2.45) is 0 Å². The summed E-state index contributed by atoms with van der Waals surface area (Å²) in [5.41, 5.74) is 6.63. The van der Waals surface area contributed by atoms with Crippen molar-refractivity contribution in [3.8, 4) is 0 Å². The van der Waals surface area contributed by atoms with Gasteiger partial charge in [0.1, 0.15) is 11.6 Å². The number of rotatable bonds is 3. The minimum atomic E-state index is 0.425. The highest BCUT2D eigenvalue weighted by Gasteiger charge is 1.96. The first-order valence-electron chi connectivity index (χ1n) is 4.81. The smallest absolute Gasteiger partial charge is 0.149 e. The molecule has 0 aliphatic heterocycles. The van der Waals surface area contributed by atoms with Crippen LogP contribution in [-0.2, 0) is 6.54 Å². The minimum Gasteiger partial charge on any atom is -0.382 e. The summed E-state index contributed by atoms with van der Waals surface area (Å²) < 4.78 is 1.07. The van der Waals surface area contributed by atoms with Gasteiger partial charge in [-0.25, -0.2) is 0 Å². The lowest BCUT2D eigenvalue weighted by molar-refractivity contribution is 1.01. The van der Waals surface area contributed by atoms with Crippen molar-refractivity contribution in [1.82, 2.24) is 10.2 Å². The maximum atomic E-state index is 5.44. The summed E-state index contributed by atoms with van der Waals surface area (Å²) >= 11 is 3.39. The van der Waals surface area contributed by atoms with Crippen molar-refractivity contribution < 1.29 is 0 Å². The van der Waals surface area contributed by atoms with Crippen LogP contribution in [0.2, 0.25) is 0 Å². The van der Waals surface area contributed by atoms with Crippen LogP contribution in [0.25, 0.3) is 0 Å². The summed E-state index contributed by atoms with van der Waals surface area (Å²) in [6.45, 7) is 0.714. The van der Waals surface area contributed by atoms with Crippen LogP contribution in [0.15, 0.2) is 40.9 Å². The van der Waals surface area contributed by atoms with Gasteiger partial charge in [0.25, 0.3) is 0 Å². The van der Waals surface area contributed by atoms with Crippen molar-refractivity contribution in [2.45, 2.75) is 6.54 Å². The lowest BCUT2D eigenvalue weighted by Crippen LogP contribution is -2.03. The summed E-state index contributed by atoms with van der Waals surface area (Å²) in [4.78, 5) is 0. The Bertz CT molecular complexity index is 407. The lowest BCUT2D eigenvalue weighted by atomic mass is 10.2. The molecule has 0 unspecified atom stereocenters. The molecular weight excluding hydrogens is 268 g/mol. The van der Waals surface area contributed by atoms with Gasteiger partial charge in [0.15, 0.2) is 0 Å². The van der Waals surface area contributed by atoms with Gasteiger partial charge in [0.05, 0.1) is 0 Å². The number of nitrogens with one attached hydrogen (secondary N) is 1. The Labute approximate surface area is 102 Å². The zero-order valence-corrected chi connectivity index (χ0v) is 10.1. The van der Waals surface area contributed by atoms with E-state index in [1.165, 1.54) is 5.56 Å². The SMILES string of the molecule is Nc1ccc(NCc2ccc(Br)cc2)nn1. The largest absolute Gasteiger partial charge is 0.382 e. The fourth-order valence-corrected chi connectivity index (χ4v) is 1.50. The number of aromatic nitrogens is 2. The van der Waals surface area contributed by atoms with E-state index in [0.29, 0.717) is 12.4 Å². The molecule has 82 valence electrons. The van der Waals surface area contributed by atoms with Gasteiger partial charge in [-0.3, -0.25) is 0 Å². The molecule has 0 spiro atoms. The third-order valence-corrected chi connectivity index (χ3v) is 2.60. The highest BCUT2D eigenvalue weighted by molar-refractivity contribution is 9.10. The first-order chi connectivity index (χ1) is 7.74. The van der Waals surface area contributed by atoms with Gasteiger partial charge in [-0.05, 0) is 29.8 Å². The van der Waals surface area contributed by atoms with E-state index in [4.69, 9.17) is 5.73 Å². The van der Waals surface area contributed by atoms with Crippen LogP contribution in [0.4, 0.5) is 11.6 Å². The van der Waals surface area contributed by atoms with Crippen molar-refractivity contribution in [3.63, 3.8) is 0 Å². The predicted molar refractivity (Wildman–Crippen MR) is 67.9 cm³/mol. The zero-order chi connectivity index (χ0) is 11.4. The predicted octanol–water partition coefficient (Wildman–Crippen LogP) is 2.43. The maximum absolute atomic E-state index is 5.44. The van der Waals surface area contributed by atoms with E-state index in [1.54, 1.807) is 12.1 Å². The Morgan fingerprint density at radius 3 is 2.44 bits per heavy atom. The third kappa shape index (κ3) is 2.93. The number of nitrogens with zero attached hydrogens (tertiary/aromatic N) is 2. The molecule has 0 bridgehead atoms. The molecule has 0 saturated carbocycles. The van der Waals surface area contributed by atoms with Crippen molar-refractivity contribution in [2.75, 3.05) is 11.1 Å². The van der Waals surface area contributed by atoms with Crippen LogP contribution in [0.3, 0.4) is 0 Å². The van der Waals surface area contributed by atoms with Gasteiger partial charge in [-0.1, -0.05) is 28.1 Å². The van der Waals surface area contributed by atoms with Gasteiger partial charge in [-0.15, -0.1) is 10.2 Å². The zero-order valence-electron chi connectivity index (χ0n) is 8.52. The van der Waals surface area contributed by atoms with E-state index in [1.807, 2.05) is 24.3 Å². The van der Waals surface area contributed by atoms with E-state index in [0.717, 1.165) is 10.3 Å². The fourth-order valence-electron chi connectivity index (χ4n) is 1.23. The normalized spacial score (nSPS) is 10.1. The van der Waals surface area contributed by atoms with Gasteiger partial charge in [-0.2, -0.15) is 0 Å². The Morgan fingerprint density at radius 1 is 1.06 bits per heavy atom. The van der Waals surface area contributed by atoms with Gasteiger partial charge >= 0.3 is 0 Å². The van der Waals surface area contributed by atoms with Crippen molar-refractivity contribution >= 4 is 27.6 Å².